The number of benzene rings is 1. The molecule has 1 fully saturated rings. The molecule has 0 N–H and O–H groups in total. The van der Waals surface area contributed by atoms with E-state index in [2.05, 4.69) is 5.10 Å². The summed E-state index contributed by atoms with van der Waals surface area (Å²) in [6.07, 6.45) is 3.69. The zero-order chi connectivity index (χ0) is 15.7. The maximum atomic E-state index is 14.2. The molecule has 2 aromatic rings. The highest BCUT2D eigenvalue weighted by molar-refractivity contribution is 5.52. The lowest BCUT2D eigenvalue weighted by Gasteiger charge is -2.41. The number of aryl methyl sites for hydroxylation is 1. The number of nitriles is 1. The second kappa shape index (κ2) is 5.43. The monoisotopic (exact) mass is 300 g/mol. The third-order valence-corrected chi connectivity index (χ3v) is 4.01. The van der Waals surface area contributed by atoms with Gasteiger partial charge in [-0.25, -0.2) is 4.39 Å². The van der Waals surface area contributed by atoms with E-state index in [4.69, 9.17) is 10.00 Å². The maximum Gasteiger partial charge on any atom is 0.147 e. The number of hydrogen-bond acceptors (Lipinski definition) is 4. The summed E-state index contributed by atoms with van der Waals surface area (Å²) in [5.41, 5.74) is 1.25. The van der Waals surface area contributed by atoms with Gasteiger partial charge in [-0.15, -0.1) is 0 Å². The van der Waals surface area contributed by atoms with E-state index in [0.29, 0.717) is 30.9 Å². The molecule has 0 radical (unpaired) electrons. The zero-order valence-corrected chi connectivity index (χ0v) is 12.6. The van der Waals surface area contributed by atoms with E-state index in [9.17, 15) is 4.39 Å². The zero-order valence-electron chi connectivity index (χ0n) is 12.6. The Morgan fingerprint density at radius 1 is 1.45 bits per heavy atom. The molecule has 1 aromatic heterocycles. The van der Waals surface area contributed by atoms with Crippen LogP contribution in [0.2, 0.25) is 0 Å². The van der Waals surface area contributed by atoms with Gasteiger partial charge in [0.2, 0.25) is 0 Å². The quantitative estimate of drug-likeness (QED) is 0.853. The van der Waals surface area contributed by atoms with Crippen molar-refractivity contribution in [2.24, 2.45) is 7.05 Å². The van der Waals surface area contributed by atoms with Crippen LogP contribution in [0.4, 0.5) is 10.1 Å². The van der Waals surface area contributed by atoms with Crippen LogP contribution in [0.3, 0.4) is 0 Å². The normalized spacial score (nSPS) is 21.6. The van der Waals surface area contributed by atoms with E-state index >= 15 is 0 Å². The Labute approximate surface area is 128 Å². The Bertz CT molecular complexity index is 736. The molecule has 0 saturated carbocycles. The number of ether oxygens (including phenoxy) is 1. The number of anilines is 1. The molecule has 1 unspecified atom stereocenters. The van der Waals surface area contributed by atoms with Crippen LogP contribution in [0.25, 0.3) is 0 Å². The fourth-order valence-electron chi connectivity index (χ4n) is 2.78. The predicted molar refractivity (Wildman–Crippen MR) is 79.8 cm³/mol. The number of morpholine rings is 1. The largest absolute Gasteiger partial charge is 0.367 e. The molecule has 5 nitrogen and oxygen atoms in total. The highest BCUT2D eigenvalue weighted by Gasteiger charge is 2.35. The highest BCUT2D eigenvalue weighted by Crippen LogP contribution is 2.32. The summed E-state index contributed by atoms with van der Waals surface area (Å²) in [6, 6.07) is 6.51. The molecule has 6 heteroatoms. The van der Waals surface area contributed by atoms with Gasteiger partial charge >= 0.3 is 0 Å². The van der Waals surface area contributed by atoms with Gasteiger partial charge in [0.05, 0.1) is 36.7 Å². The van der Waals surface area contributed by atoms with E-state index in [-0.39, 0.29) is 5.82 Å². The highest BCUT2D eigenvalue weighted by atomic mass is 19.1. The number of rotatable bonds is 2. The number of hydrogen-bond donors (Lipinski definition) is 0. The molecule has 22 heavy (non-hydrogen) atoms. The van der Waals surface area contributed by atoms with Crippen molar-refractivity contribution in [1.29, 1.82) is 5.26 Å². The summed E-state index contributed by atoms with van der Waals surface area (Å²) in [5.74, 6) is -0.380. The van der Waals surface area contributed by atoms with Crippen molar-refractivity contribution in [1.82, 2.24) is 9.78 Å². The van der Waals surface area contributed by atoms with E-state index < -0.39 is 5.60 Å². The van der Waals surface area contributed by atoms with Crippen molar-refractivity contribution in [3.63, 3.8) is 0 Å². The van der Waals surface area contributed by atoms with Crippen molar-refractivity contribution in [2.45, 2.75) is 12.5 Å². The average molecular weight is 300 g/mol. The second-order valence-electron chi connectivity index (χ2n) is 5.68. The van der Waals surface area contributed by atoms with Crippen LogP contribution in [-0.4, -0.2) is 29.5 Å². The van der Waals surface area contributed by atoms with Crippen LogP contribution in [0.5, 0.6) is 0 Å². The van der Waals surface area contributed by atoms with Crippen LogP contribution < -0.4 is 4.90 Å². The van der Waals surface area contributed by atoms with Gasteiger partial charge in [0.1, 0.15) is 11.4 Å². The second-order valence-corrected chi connectivity index (χ2v) is 5.68. The standard InChI is InChI=1S/C16H17FN4O/c1-16(13-9-19-20(2)10-13)11-21(5-6-22-16)15-4-3-12(8-18)7-14(15)17/h3-4,7,9-10H,5-6,11H2,1-2H3. The smallest absolute Gasteiger partial charge is 0.147 e. The fourth-order valence-corrected chi connectivity index (χ4v) is 2.78. The number of halogens is 1. The Balaban J connectivity index is 1.89. The fraction of sp³-hybridized carbons (Fsp3) is 0.375. The van der Waals surface area contributed by atoms with Crippen LogP contribution in [0.15, 0.2) is 30.6 Å². The van der Waals surface area contributed by atoms with Crippen LogP contribution >= 0.6 is 0 Å². The summed E-state index contributed by atoms with van der Waals surface area (Å²) < 4.78 is 21.9. The molecular formula is C16H17FN4O. The van der Waals surface area contributed by atoms with E-state index in [1.807, 2.05) is 31.1 Å². The van der Waals surface area contributed by atoms with Crippen molar-refractivity contribution >= 4 is 5.69 Å². The Morgan fingerprint density at radius 2 is 2.27 bits per heavy atom. The molecule has 1 atom stereocenters. The van der Waals surface area contributed by atoms with Gasteiger partial charge in [-0.05, 0) is 25.1 Å². The predicted octanol–water partition coefficient (Wildman–Crippen LogP) is 2.18. The molecule has 1 aliphatic rings. The summed E-state index contributed by atoms with van der Waals surface area (Å²) in [5, 5.41) is 13.0. The number of nitrogens with zero attached hydrogens (tertiary/aromatic N) is 4. The lowest BCUT2D eigenvalue weighted by molar-refractivity contribution is -0.0467. The molecule has 0 amide bonds. The van der Waals surface area contributed by atoms with E-state index in [1.54, 1.807) is 23.0 Å². The van der Waals surface area contributed by atoms with Gasteiger partial charge in [-0.2, -0.15) is 10.4 Å². The summed E-state index contributed by atoms with van der Waals surface area (Å²) in [4.78, 5) is 1.95. The molecular weight excluding hydrogens is 283 g/mol. The molecule has 0 spiro atoms. The molecule has 1 aromatic carbocycles. The van der Waals surface area contributed by atoms with Gasteiger partial charge in [-0.3, -0.25) is 4.68 Å². The van der Waals surface area contributed by atoms with Crippen molar-refractivity contribution < 1.29 is 9.13 Å². The summed E-state index contributed by atoms with van der Waals surface area (Å²) in [7, 11) is 1.85. The first-order valence-electron chi connectivity index (χ1n) is 7.09. The first-order chi connectivity index (χ1) is 10.5. The molecule has 0 bridgehead atoms. The molecule has 3 rings (SSSR count). The average Bonchev–Trinajstić information content (AvgIpc) is 2.94. The summed E-state index contributed by atoms with van der Waals surface area (Å²) in [6.45, 7) is 3.63. The summed E-state index contributed by atoms with van der Waals surface area (Å²) >= 11 is 0. The Morgan fingerprint density at radius 3 is 2.91 bits per heavy atom. The SMILES string of the molecule is Cn1cc(C2(C)CN(c3ccc(C#N)cc3F)CCO2)cn1. The Hall–Kier alpha value is -2.39. The first kappa shape index (κ1) is 14.5. The first-order valence-corrected chi connectivity index (χ1v) is 7.09. The van der Waals surface area contributed by atoms with E-state index in [0.717, 1.165) is 5.56 Å². The van der Waals surface area contributed by atoms with Crippen molar-refractivity contribution in [3.05, 3.63) is 47.5 Å². The van der Waals surface area contributed by atoms with Crippen molar-refractivity contribution in [3.8, 4) is 6.07 Å². The van der Waals surface area contributed by atoms with E-state index in [1.165, 1.54) is 6.07 Å². The van der Waals surface area contributed by atoms with Crippen LogP contribution in [0, 0.1) is 17.1 Å². The minimum absolute atomic E-state index is 0.324. The minimum Gasteiger partial charge on any atom is -0.367 e. The molecule has 0 aliphatic carbocycles. The van der Waals surface area contributed by atoms with Gasteiger partial charge in [-0.1, -0.05) is 0 Å². The third kappa shape index (κ3) is 2.55. The van der Waals surface area contributed by atoms with Crippen LogP contribution in [-0.2, 0) is 17.4 Å². The van der Waals surface area contributed by atoms with Gasteiger partial charge in [0, 0.05) is 25.4 Å². The van der Waals surface area contributed by atoms with Crippen LogP contribution in [0.1, 0.15) is 18.1 Å². The van der Waals surface area contributed by atoms with Gasteiger partial charge in [0.25, 0.3) is 0 Å². The van der Waals surface area contributed by atoms with Gasteiger partial charge < -0.3 is 9.64 Å². The molecule has 2 heterocycles. The lowest BCUT2D eigenvalue weighted by atomic mass is 9.96. The lowest BCUT2D eigenvalue weighted by Crippen LogP contribution is -2.48. The number of aromatic nitrogens is 2. The topological polar surface area (TPSA) is 54.1 Å². The molecule has 114 valence electrons. The Kier molecular flexibility index (Phi) is 3.59. The van der Waals surface area contributed by atoms with Gasteiger partial charge in [0.15, 0.2) is 0 Å². The maximum absolute atomic E-state index is 14.2. The molecule has 1 aliphatic heterocycles. The third-order valence-electron chi connectivity index (χ3n) is 4.01. The molecule has 1 saturated heterocycles. The minimum atomic E-state index is -0.535. The van der Waals surface area contributed by atoms with Crippen molar-refractivity contribution in [2.75, 3.05) is 24.6 Å².